The number of anilines is 2. The molecule has 0 unspecified atom stereocenters. The molecule has 1 aromatic carbocycles. The maximum absolute atomic E-state index is 8.65. The third kappa shape index (κ3) is 19.3. The van der Waals surface area contributed by atoms with Gasteiger partial charge in [-0.25, -0.2) is 0 Å². The molecule has 246 valence electrons. The summed E-state index contributed by atoms with van der Waals surface area (Å²) in [5.41, 5.74) is 7.39. The van der Waals surface area contributed by atoms with Crippen LogP contribution in [0.3, 0.4) is 0 Å². The summed E-state index contributed by atoms with van der Waals surface area (Å²) in [6, 6.07) is 3.59. The van der Waals surface area contributed by atoms with Crippen molar-refractivity contribution >= 4 is 11.4 Å². The largest absolute Gasteiger partial charge is 0.495 e. The standard InChI is InChI=1S/C28H52N2O12/c1-33-27-24-26(28(34-2)23-25(27)29)30(3-7-35-11-15-39-19-21-41-17-13-37-9-5-31)4-8-36-12-16-40-20-22-42-18-14-38-10-6-32/h23-24,31-32H,3-22,29H2,1-2H3. The van der Waals surface area contributed by atoms with Crippen LogP contribution in [0.1, 0.15) is 0 Å². The van der Waals surface area contributed by atoms with Gasteiger partial charge in [0.15, 0.2) is 0 Å². The molecule has 1 aromatic rings. The van der Waals surface area contributed by atoms with Crippen molar-refractivity contribution in [1.82, 2.24) is 0 Å². The first kappa shape index (κ1) is 38.0. The summed E-state index contributed by atoms with van der Waals surface area (Å²) >= 11 is 0. The van der Waals surface area contributed by atoms with E-state index in [4.69, 9.17) is 63.3 Å². The van der Waals surface area contributed by atoms with Crippen molar-refractivity contribution in [1.29, 1.82) is 0 Å². The molecule has 42 heavy (non-hydrogen) atoms. The normalized spacial score (nSPS) is 11.2. The maximum atomic E-state index is 8.65. The van der Waals surface area contributed by atoms with Crippen molar-refractivity contribution in [2.24, 2.45) is 0 Å². The highest BCUT2D eigenvalue weighted by atomic mass is 16.6. The number of nitrogens with two attached hydrogens (primary N) is 1. The average Bonchev–Trinajstić information content (AvgIpc) is 3.00. The van der Waals surface area contributed by atoms with Gasteiger partial charge in [0.2, 0.25) is 0 Å². The molecular weight excluding hydrogens is 556 g/mol. The third-order valence-electron chi connectivity index (χ3n) is 5.59. The second-order valence-corrected chi connectivity index (χ2v) is 8.60. The van der Waals surface area contributed by atoms with Gasteiger partial charge in [0.05, 0.1) is 145 Å². The summed E-state index contributed by atoms with van der Waals surface area (Å²) in [4.78, 5) is 2.10. The number of nitrogen functional groups attached to an aromatic ring is 1. The van der Waals surface area contributed by atoms with E-state index in [0.717, 1.165) is 5.69 Å². The Bertz CT molecular complexity index is 717. The van der Waals surface area contributed by atoms with Crippen LogP contribution < -0.4 is 20.1 Å². The van der Waals surface area contributed by atoms with Gasteiger partial charge in [-0.15, -0.1) is 0 Å². The zero-order valence-corrected chi connectivity index (χ0v) is 25.3. The Hall–Kier alpha value is -1.98. The first-order chi connectivity index (χ1) is 20.7. The van der Waals surface area contributed by atoms with Gasteiger partial charge in [0.1, 0.15) is 11.5 Å². The number of aliphatic hydroxyl groups is 2. The van der Waals surface area contributed by atoms with Crippen LogP contribution >= 0.6 is 0 Å². The van der Waals surface area contributed by atoms with Crippen LogP contribution in [0.15, 0.2) is 12.1 Å². The van der Waals surface area contributed by atoms with Gasteiger partial charge in [-0.1, -0.05) is 0 Å². The van der Waals surface area contributed by atoms with Gasteiger partial charge < -0.3 is 68.2 Å². The van der Waals surface area contributed by atoms with E-state index in [1.165, 1.54) is 0 Å². The second-order valence-electron chi connectivity index (χ2n) is 8.60. The molecule has 0 radical (unpaired) electrons. The molecule has 0 heterocycles. The molecule has 0 fully saturated rings. The van der Waals surface area contributed by atoms with E-state index in [9.17, 15) is 0 Å². The van der Waals surface area contributed by atoms with Crippen molar-refractivity contribution in [3.05, 3.63) is 12.1 Å². The lowest BCUT2D eigenvalue weighted by molar-refractivity contribution is -0.00592. The molecule has 4 N–H and O–H groups in total. The van der Waals surface area contributed by atoms with Crippen LogP contribution in [0.2, 0.25) is 0 Å². The number of benzene rings is 1. The van der Waals surface area contributed by atoms with E-state index in [0.29, 0.717) is 136 Å². The van der Waals surface area contributed by atoms with Gasteiger partial charge in [-0.05, 0) is 0 Å². The van der Waals surface area contributed by atoms with Crippen molar-refractivity contribution in [3.63, 3.8) is 0 Å². The molecule has 14 nitrogen and oxygen atoms in total. The fourth-order valence-corrected chi connectivity index (χ4v) is 3.51. The summed E-state index contributed by atoms with van der Waals surface area (Å²) in [7, 11) is 3.17. The van der Waals surface area contributed by atoms with Gasteiger partial charge in [-0.3, -0.25) is 0 Å². The molecule has 0 saturated carbocycles. The first-order valence-corrected chi connectivity index (χ1v) is 14.3. The van der Waals surface area contributed by atoms with Crippen LogP contribution in [0.4, 0.5) is 11.4 Å². The number of hydrogen-bond donors (Lipinski definition) is 3. The minimum atomic E-state index is 0.00842. The van der Waals surface area contributed by atoms with Gasteiger partial charge in [-0.2, -0.15) is 0 Å². The zero-order valence-electron chi connectivity index (χ0n) is 25.3. The van der Waals surface area contributed by atoms with Crippen LogP contribution in [-0.2, 0) is 37.9 Å². The fourth-order valence-electron chi connectivity index (χ4n) is 3.51. The topological polar surface area (TPSA) is 162 Å². The Kier molecular flexibility index (Phi) is 25.2. The van der Waals surface area contributed by atoms with E-state index in [1.807, 2.05) is 6.07 Å². The predicted molar refractivity (Wildman–Crippen MR) is 157 cm³/mol. The lowest BCUT2D eigenvalue weighted by atomic mass is 10.2. The zero-order chi connectivity index (χ0) is 30.5. The number of aliphatic hydroxyl groups excluding tert-OH is 2. The molecule has 0 aromatic heterocycles. The van der Waals surface area contributed by atoms with E-state index in [1.54, 1.807) is 20.3 Å². The van der Waals surface area contributed by atoms with Crippen LogP contribution in [0, 0.1) is 0 Å². The molecule has 0 bridgehead atoms. The van der Waals surface area contributed by atoms with Gasteiger partial charge in [0.25, 0.3) is 0 Å². The van der Waals surface area contributed by atoms with Crippen LogP contribution in [0.5, 0.6) is 11.5 Å². The SMILES string of the molecule is COc1cc(N(CCOCCOCCOCCOCCO)CCOCCOCCOCCOCCO)c(OC)cc1N. The Morgan fingerprint density at radius 3 is 1.17 bits per heavy atom. The highest BCUT2D eigenvalue weighted by molar-refractivity contribution is 5.70. The molecule has 0 aliphatic heterocycles. The number of ether oxygens (including phenoxy) is 10. The smallest absolute Gasteiger partial charge is 0.144 e. The van der Waals surface area contributed by atoms with Crippen molar-refractivity contribution in [2.45, 2.75) is 0 Å². The summed E-state index contributed by atoms with van der Waals surface area (Å²) in [5.74, 6) is 1.19. The summed E-state index contributed by atoms with van der Waals surface area (Å²) in [6.07, 6.45) is 0. The quantitative estimate of drug-likeness (QED) is 0.0775. The van der Waals surface area contributed by atoms with E-state index >= 15 is 0 Å². The number of hydrogen-bond acceptors (Lipinski definition) is 14. The van der Waals surface area contributed by atoms with E-state index in [2.05, 4.69) is 4.90 Å². The van der Waals surface area contributed by atoms with Crippen LogP contribution in [0.25, 0.3) is 0 Å². The average molecular weight is 609 g/mol. The highest BCUT2D eigenvalue weighted by Gasteiger charge is 2.16. The minimum absolute atomic E-state index is 0.00842. The molecule has 0 saturated heterocycles. The molecule has 1 rings (SSSR count). The monoisotopic (exact) mass is 608 g/mol. The molecule has 14 heteroatoms. The Balaban J connectivity index is 2.34. The lowest BCUT2D eigenvalue weighted by Crippen LogP contribution is -2.32. The Morgan fingerprint density at radius 1 is 0.500 bits per heavy atom. The fraction of sp³-hybridized carbons (Fsp3) is 0.786. The molecule has 0 atom stereocenters. The summed E-state index contributed by atoms with van der Waals surface area (Å²) in [5, 5.41) is 17.3. The molecule has 0 aliphatic carbocycles. The Morgan fingerprint density at radius 2 is 0.833 bits per heavy atom. The number of nitrogens with zero attached hydrogens (tertiary/aromatic N) is 1. The third-order valence-corrected chi connectivity index (χ3v) is 5.59. The molecule has 0 amide bonds. The highest BCUT2D eigenvalue weighted by Crippen LogP contribution is 2.36. The summed E-state index contributed by atoms with van der Waals surface area (Å²) in [6.45, 7) is 8.23. The van der Waals surface area contributed by atoms with Crippen molar-refractivity contribution in [2.75, 3.05) is 157 Å². The first-order valence-electron chi connectivity index (χ1n) is 14.3. The molecular formula is C28H52N2O12. The Labute approximate surface area is 249 Å². The van der Waals surface area contributed by atoms with Crippen LogP contribution in [-0.4, -0.2) is 156 Å². The maximum Gasteiger partial charge on any atom is 0.144 e. The van der Waals surface area contributed by atoms with E-state index in [-0.39, 0.29) is 13.2 Å². The minimum Gasteiger partial charge on any atom is -0.495 e. The molecule has 0 aliphatic rings. The summed E-state index contributed by atoms with van der Waals surface area (Å²) < 4.78 is 54.7. The number of rotatable bonds is 31. The predicted octanol–water partition coefficient (Wildman–Crippen LogP) is 0.210. The van der Waals surface area contributed by atoms with Crippen molar-refractivity contribution < 1.29 is 57.6 Å². The number of methoxy groups -OCH3 is 2. The van der Waals surface area contributed by atoms with Crippen molar-refractivity contribution in [3.8, 4) is 11.5 Å². The second kappa shape index (κ2) is 27.8. The van der Waals surface area contributed by atoms with Gasteiger partial charge in [0, 0.05) is 25.2 Å². The lowest BCUT2D eigenvalue weighted by Gasteiger charge is -2.27. The van der Waals surface area contributed by atoms with E-state index < -0.39 is 0 Å². The molecule has 0 spiro atoms. The van der Waals surface area contributed by atoms with Gasteiger partial charge >= 0.3 is 0 Å².